The van der Waals surface area contributed by atoms with E-state index in [1.807, 2.05) is 6.92 Å². The fourth-order valence-electron chi connectivity index (χ4n) is 2.41. The van der Waals surface area contributed by atoms with Gasteiger partial charge in [0.1, 0.15) is 5.75 Å². The number of carbonyl (C=O) groups is 3. The molecule has 0 fully saturated rings. The van der Waals surface area contributed by atoms with Gasteiger partial charge in [-0.1, -0.05) is 36.4 Å². The summed E-state index contributed by atoms with van der Waals surface area (Å²) in [6.07, 6.45) is -1.27. The zero-order chi connectivity index (χ0) is 19.8. The average Bonchev–Trinajstić information content (AvgIpc) is 2.67. The third kappa shape index (κ3) is 5.31. The van der Waals surface area contributed by atoms with E-state index in [4.69, 9.17) is 9.47 Å². The van der Waals surface area contributed by atoms with Crippen LogP contribution in [0.25, 0.3) is 0 Å². The van der Waals surface area contributed by atoms with Crippen LogP contribution < -0.4 is 15.4 Å². The Morgan fingerprint density at radius 3 is 2.41 bits per heavy atom. The molecule has 0 aliphatic rings. The summed E-state index contributed by atoms with van der Waals surface area (Å²) in [6.45, 7) is 3.93. The van der Waals surface area contributed by atoms with Gasteiger partial charge in [-0.05, 0) is 31.5 Å². The Bertz CT molecular complexity index is 820. The number of methoxy groups -OCH3 is 1. The van der Waals surface area contributed by atoms with Crippen molar-refractivity contribution in [1.82, 2.24) is 10.6 Å². The van der Waals surface area contributed by atoms with Crippen LogP contribution in [-0.2, 0) is 9.53 Å². The third-order valence-electron chi connectivity index (χ3n) is 3.78. The highest BCUT2D eigenvalue weighted by Crippen LogP contribution is 2.23. The van der Waals surface area contributed by atoms with Crippen LogP contribution in [0.1, 0.15) is 34.5 Å². The van der Waals surface area contributed by atoms with Crippen LogP contribution in [0.15, 0.2) is 48.5 Å². The molecule has 0 heterocycles. The van der Waals surface area contributed by atoms with Gasteiger partial charge in [-0.3, -0.25) is 10.1 Å². The molecule has 0 radical (unpaired) electrons. The summed E-state index contributed by atoms with van der Waals surface area (Å²) in [5, 5.41) is 4.64. The topological polar surface area (TPSA) is 93.7 Å². The van der Waals surface area contributed by atoms with E-state index in [9.17, 15) is 14.4 Å². The first kappa shape index (κ1) is 20.0. The average molecular weight is 370 g/mol. The second kappa shape index (κ2) is 9.38. The first-order chi connectivity index (χ1) is 13.0. The second-order valence-electron chi connectivity index (χ2n) is 5.73. The van der Waals surface area contributed by atoms with E-state index in [1.54, 1.807) is 55.5 Å². The fourth-order valence-corrected chi connectivity index (χ4v) is 2.41. The fraction of sp³-hybridized carbons (Fsp3) is 0.250. The molecule has 1 atom stereocenters. The van der Waals surface area contributed by atoms with Gasteiger partial charge in [0.2, 0.25) is 6.10 Å². The molecule has 2 rings (SSSR count). The van der Waals surface area contributed by atoms with Crippen LogP contribution >= 0.6 is 0 Å². The lowest BCUT2D eigenvalue weighted by molar-refractivity contribution is -0.129. The zero-order valence-electron chi connectivity index (χ0n) is 15.4. The predicted octanol–water partition coefficient (Wildman–Crippen LogP) is 2.75. The number of carbonyl (C=O) groups excluding carboxylic acids is 3. The summed E-state index contributed by atoms with van der Waals surface area (Å²) in [6, 6.07) is 12.7. The largest absolute Gasteiger partial charge is 0.496 e. The predicted molar refractivity (Wildman–Crippen MR) is 99.5 cm³/mol. The summed E-state index contributed by atoms with van der Waals surface area (Å²) in [5.41, 5.74) is 1.55. The molecule has 0 aromatic heterocycles. The molecule has 0 saturated heterocycles. The Morgan fingerprint density at radius 2 is 1.78 bits per heavy atom. The number of esters is 1. The van der Waals surface area contributed by atoms with E-state index in [1.165, 1.54) is 7.11 Å². The van der Waals surface area contributed by atoms with E-state index >= 15 is 0 Å². The smallest absolute Gasteiger partial charge is 0.339 e. The number of urea groups is 1. The number of hydrogen-bond acceptors (Lipinski definition) is 5. The molecular weight excluding hydrogens is 348 g/mol. The number of imide groups is 1. The van der Waals surface area contributed by atoms with Gasteiger partial charge < -0.3 is 14.8 Å². The molecule has 7 nitrogen and oxygen atoms in total. The molecule has 2 aromatic carbocycles. The van der Waals surface area contributed by atoms with E-state index in [2.05, 4.69) is 10.6 Å². The second-order valence-corrected chi connectivity index (χ2v) is 5.73. The van der Waals surface area contributed by atoms with Crippen molar-refractivity contribution >= 4 is 17.9 Å². The van der Waals surface area contributed by atoms with Gasteiger partial charge in [-0.25, -0.2) is 9.59 Å². The maximum absolute atomic E-state index is 12.6. The lowest BCUT2D eigenvalue weighted by Gasteiger charge is -2.18. The molecule has 2 N–H and O–H groups in total. The summed E-state index contributed by atoms with van der Waals surface area (Å²) in [7, 11) is 1.50. The molecule has 0 saturated carbocycles. The molecule has 27 heavy (non-hydrogen) atoms. The molecule has 0 aliphatic heterocycles. The summed E-state index contributed by atoms with van der Waals surface area (Å²) in [5.74, 6) is -0.903. The van der Waals surface area contributed by atoms with Crippen molar-refractivity contribution in [2.75, 3.05) is 13.7 Å². The Morgan fingerprint density at radius 1 is 1.07 bits per heavy atom. The monoisotopic (exact) mass is 370 g/mol. The molecule has 7 heteroatoms. The molecule has 0 aliphatic carbocycles. The molecule has 0 bridgehead atoms. The molecule has 1 unspecified atom stereocenters. The van der Waals surface area contributed by atoms with Gasteiger partial charge in [-0.15, -0.1) is 0 Å². The van der Waals surface area contributed by atoms with E-state index < -0.39 is 24.0 Å². The van der Waals surface area contributed by atoms with Crippen LogP contribution in [-0.4, -0.2) is 31.6 Å². The van der Waals surface area contributed by atoms with Crippen LogP contribution in [0.5, 0.6) is 5.75 Å². The number of hydrogen-bond donors (Lipinski definition) is 2. The summed E-state index contributed by atoms with van der Waals surface area (Å²) >= 11 is 0. The molecule has 2 aromatic rings. The van der Waals surface area contributed by atoms with Gasteiger partial charge in [0.25, 0.3) is 5.91 Å². The number of nitrogens with one attached hydrogen (secondary N) is 2. The van der Waals surface area contributed by atoms with E-state index in [0.717, 1.165) is 5.56 Å². The number of rotatable bonds is 6. The lowest BCUT2D eigenvalue weighted by Crippen LogP contribution is -2.42. The molecule has 3 amide bonds. The zero-order valence-corrected chi connectivity index (χ0v) is 15.4. The van der Waals surface area contributed by atoms with Crippen molar-refractivity contribution in [3.63, 3.8) is 0 Å². The van der Waals surface area contributed by atoms with Gasteiger partial charge in [0.15, 0.2) is 0 Å². The van der Waals surface area contributed by atoms with Crippen molar-refractivity contribution in [2.45, 2.75) is 20.0 Å². The highest BCUT2D eigenvalue weighted by molar-refractivity contribution is 5.99. The van der Waals surface area contributed by atoms with Crippen molar-refractivity contribution < 1.29 is 23.9 Å². The lowest BCUT2D eigenvalue weighted by atomic mass is 10.1. The van der Waals surface area contributed by atoms with Gasteiger partial charge in [0, 0.05) is 12.1 Å². The highest BCUT2D eigenvalue weighted by Gasteiger charge is 2.27. The number of benzene rings is 2. The third-order valence-corrected chi connectivity index (χ3v) is 3.78. The summed E-state index contributed by atoms with van der Waals surface area (Å²) < 4.78 is 10.6. The van der Waals surface area contributed by atoms with Crippen LogP contribution in [0, 0.1) is 6.92 Å². The van der Waals surface area contributed by atoms with Crippen LogP contribution in [0.4, 0.5) is 4.79 Å². The maximum Gasteiger partial charge on any atom is 0.339 e. The van der Waals surface area contributed by atoms with Crippen LogP contribution in [0.2, 0.25) is 0 Å². The van der Waals surface area contributed by atoms with Crippen LogP contribution in [0.3, 0.4) is 0 Å². The van der Waals surface area contributed by atoms with E-state index in [-0.39, 0.29) is 5.56 Å². The SMILES string of the molecule is CCNC(=O)NC(=O)C(OC(=O)c1ccc(C)c(OC)c1)c1ccccc1. The number of aryl methyl sites for hydroxylation is 1. The van der Waals surface area contributed by atoms with Gasteiger partial charge in [-0.2, -0.15) is 0 Å². The van der Waals surface area contributed by atoms with Crippen molar-refractivity contribution in [1.29, 1.82) is 0 Å². The van der Waals surface area contributed by atoms with E-state index in [0.29, 0.717) is 17.9 Å². The Kier molecular flexibility index (Phi) is 6.93. The summed E-state index contributed by atoms with van der Waals surface area (Å²) in [4.78, 5) is 36.7. The van der Waals surface area contributed by atoms with Crippen molar-refractivity contribution in [3.05, 3.63) is 65.2 Å². The van der Waals surface area contributed by atoms with Crippen molar-refractivity contribution in [3.8, 4) is 5.75 Å². The minimum Gasteiger partial charge on any atom is -0.496 e. The number of ether oxygens (including phenoxy) is 2. The first-order valence-corrected chi connectivity index (χ1v) is 8.45. The van der Waals surface area contributed by atoms with Gasteiger partial charge in [0.05, 0.1) is 12.7 Å². The Balaban J connectivity index is 2.25. The first-order valence-electron chi connectivity index (χ1n) is 8.45. The highest BCUT2D eigenvalue weighted by atomic mass is 16.5. The molecule has 0 spiro atoms. The number of amides is 3. The Hall–Kier alpha value is -3.35. The normalized spacial score (nSPS) is 11.2. The molecular formula is C20H22N2O5. The maximum atomic E-state index is 12.6. The minimum atomic E-state index is -1.27. The quantitative estimate of drug-likeness (QED) is 0.763. The van der Waals surface area contributed by atoms with Crippen molar-refractivity contribution in [2.24, 2.45) is 0 Å². The Labute approximate surface area is 157 Å². The molecule has 142 valence electrons. The minimum absolute atomic E-state index is 0.240. The standard InChI is InChI=1S/C20H22N2O5/c1-4-21-20(25)22-18(23)17(14-8-6-5-7-9-14)27-19(24)15-11-10-13(2)16(12-15)26-3/h5-12,17H,4H2,1-3H3,(H2,21,22,23,25). The van der Waals surface area contributed by atoms with Gasteiger partial charge >= 0.3 is 12.0 Å².